The molecule has 0 spiro atoms. The molecule has 2 aliphatic heterocycles. The Morgan fingerprint density at radius 2 is 0.821 bits per heavy atom. The number of para-hydroxylation sites is 3. The van der Waals surface area contributed by atoms with Gasteiger partial charge in [0.2, 0.25) is 0 Å². The van der Waals surface area contributed by atoms with Gasteiger partial charge in [-0.2, -0.15) is 0 Å². The molecule has 0 saturated heterocycles. The predicted molar refractivity (Wildman–Crippen MR) is 288 cm³/mol. The highest BCUT2D eigenvalue weighted by atomic mass is 15.2. The highest BCUT2D eigenvalue weighted by Crippen LogP contribution is 2.50. The van der Waals surface area contributed by atoms with Crippen molar-refractivity contribution in [2.24, 2.45) is 0 Å². The first-order chi connectivity index (χ1) is 32.9. The minimum absolute atomic E-state index is 0.0327. The molecule has 0 N–H and O–H groups in total. The molecule has 316 valence electrons. The zero-order chi connectivity index (χ0) is 44.8. The average Bonchev–Trinajstić information content (AvgIpc) is 3.37. The van der Waals surface area contributed by atoms with Gasteiger partial charge in [-0.3, -0.25) is 0 Å². The van der Waals surface area contributed by atoms with Crippen LogP contribution in [-0.2, 0) is 5.41 Å². The summed E-state index contributed by atoms with van der Waals surface area (Å²) in [6, 6.07) is 85.9. The largest absolute Gasteiger partial charge is 0.311 e. The molecule has 0 radical (unpaired) electrons. The third kappa shape index (κ3) is 6.19. The second-order valence-corrected chi connectivity index (χ2v) is 19.2. The molecule has 2 nitrogen and oxygen atoms in total. The fourth-order valence-corrected chi connectivity index (χ4v) is 11.3. The number of fused-ring (bicyclic) bond motifs is 7. The van der Waals surface area contributed by atoms with Crippen molar-refractivity contribution in [3.63, 3.8) is 0 Å². The van der Waals surface area contributed by atoms with E-state index >= 15 is 0 Å². The first-order valence-electron chi connectivity index (χ1n) is 23.5. The van der Waals surface area contributed by atoms with E-state index in [1.165, 1.54) is 110 Å². The zero-order valence-electron chi connectivity index (χ0n) is 37.9. The molecule has 0 saturated carbocycles. The van der Waals surface area contributed by atoms with Crippen LogP contribution >= 0.6 is 0 Å². The highest BCUT2D eigenvalue weighted by molar-refractivity contribution is 7.00. The van der Waals surface area contributed by atoms with Crippen LogP contribution in [0.1, 0.15) is 26.3 Å². The molecule has 0 unspecified atom stereocenters. The van der Waals surface area contributed by atoms with E-state index in [2.05, 4.69) is 261 Å². The van der Waals surface area contributed by atoms with Crippen LogP contribution in [0, 0.1) is 0 Å². The summed E-state index contributed by atoms with van der Waals surface area (Å²) in [5.41, 5.74) is 19.8. The van der Waals surface area contributed by atoms with Gasteiger partial charge in [-0.25, -0.2) is 0 Å². The second-order valence-electron chi connectivity index (χ2n) is 19.2. The Hall–Kier alpha value is -8.14. The van der Waals surface area contributed by atoms with Crippen LogP contribution in [0.3, 0.4) is 0 Å². The van der Waals surface area contributed by atoms with E-state index in [1.54, 1.807) is 0 Å². The van der Waals surface area contributed by atoms with E-state index in [9.17, 15) is 0 Å². The molecule has 0 aliphatic carbocycles. The topological polar surface area (TPSA) is 6.48 Å². The molecule has 2 aliphatic rings. The SMILES string of the molecule is CC(C)(C)c1ccc2c(c1)N(c1ccccc1)c1cc(-c3c4ccccc4c(-c4ccc(-c5cccc6ccccc56)cc4)c4ccccc34)cc3c1B2c1ccccc1N3c1ccccc1. The van der Waals surface area contributed by atoms with Crippen LogP contribution in [-0.4, -0.2) is 6.71 Å². The summed E-state index contributed by atoms with van der Waals surface area (Å²) in [6.07, 6.45) is 0. The van der Waals surface area contributed by atoms with E-state index in [-0.39, 0.29) is 12.1 Å². The van der Waals surface area contributed by atoms with E-state index in [1.807, 2.05) is 0 Å². The van der Waals surface area contributed by atoms with Gasteiger partial charge in [0, 0.05) is 34.1 Å². The summed E-state index contributed by atoms with van der Waals surface area (Å²) in [5, 5.41) is 7.47. The van der Waals surface area contributed by atoms with Gasteiger partial charge in [0.25, 0.3) is 6.71 Å². The number of anilines is 6. The average molecular weight is 855 g/mol. The number of benzene rings is 11. The molecule has 0 aromatic heterocycles. The maximum atomic E-state index is 2.55. The van der Waals surface area contributed by atoms with Crippen molar-refractivity contribution in [3.8, 4) is 33.4 Å². The van der Waals surface area contributed by atoms with Gasteiger partial charge in [0.05, 0.1) is 0 Å². The molecule has 0 amide bonds. The lowest BCUT2D eigenvalue weighted by molar-refractivity contribution is 0.590. The summed E-state index contributed by atoms with van der Waals surface area (Å²) in [5.74, 6) is 0. The summed E-state index contributed by atoms with van der Waals surface area (Å²) in [7, 11) is 0. The maximum Gasteiger partial charge on any atom is 0.252 e. The lowest BCUT2D eigenvalue weighted by Gasteiger charge is -2.45. The Morgan fingerprint density at radius 3 is 1.43 bits per heavy atom. The molecule has 67 heavy (non-hydrogen) atoms. The third-order valence-electron chi connectivity index (χ3n) is 14.4. The van der Waals surface area contributed by atoms with Crippen LogP contribution in [0.2, 0.25) is 0 Å². The number of hydrogen-bond donors (Lipinski definition) is 0. The zero-order valence-corrected chi connectivity index (χ0v) is 37.9. The summed E-state index contributed by atoms with van der Waals surface area (Å²) >= 11 is 0. The molecule has 11 aromatic carbocycles. The van der Waals surface area contributed by atoms with Gasteiger partial charge in [-0.15, -0.1) is 0 Å². The second kappa shape index (κ2) is 15.2. The lowest BCUT2D eigenvalue weighted by Crippen LogP contribution is -2.61. The Balaban J connectivity index is 1.10. The molecular formula is C64H47BN2. The fraction of sp³-hybridized carbons (Fsp3) is 0.0625. The van der Waals surface area contributed by atoms with Crippen molar-refractivity contribution < 1.29 is 0 Å². The Labute approximate surface area is 393 Å². The minimum atomic E-state index is -0.0327. The van der Waals surface area contributed by atoms with Crippen LogP contribution in [0.4, 0.5) is 34.1 Å². The number of hydrogen-bond acceptors (Lipinski definition) is 2. The van der Waals surface area contributed by atoms with E-state index in [4.69, 9.17) is 0 Å². The van der Waals surface area contributed by atoms with E-state index in [0.717, 1.165) is 11.4 Å². The predicted octanol–water partition coefficient (Wildman–Crippen LogP) is 15.5. The lowest BCUT2D eigenvalue weighted by atomic mass is 9.33. The molecule has 11 aromatic rings. The summed E-state index contributed by atoms with van der Waals surface area (Å²) < 4.78 is 0. The Morgan fingerprint density at radius 1 is 0.343 bits per heavy atom. The van der Waals surface area contributed by atoms with Crippen LogP contribution in [0.25, 0.3) is 65.7 Å². The van der Waals surface area contributed by atoms with Crippen molar-refractivity contribution in [1.82, 2.24) is 0 Å². The number of nitrogens with zero attached hydrogens (tertiary/aromatic N) is 2. The minimum Gasteiger partial charge on any atom is -0.311 e. The first-order valence-corrected chi connectivity index (χ1v) is 23.5. The standard InChI is InChI=1S/C64H47BN2/c1-64(2,3)46-37-38-56-58(41-46)67(48-23-8-5-9-24-48)60-40-45(39-59-63(60)65(56)55-31-16-17-32-57(55)66(59)47-21-6-4-7-22-47)62-53-28-14-12-26-51(53)61(52-27-13-15-29-54(52)62)44-35-33-43(34-36-44)50-30-18-20-42-19-10-11-25-49(42)50/h4-41H,1-3H3. The van der Waals surface area contributed by atoms with Gasteiger partial charge in [0.15, 0.2) is 0 Å². The Bertz CT molecular complexity index is 3680. The molecule has 0 atom stereocenters. The summed E-state index contributed by atoms with van der Waals surface area (Å²) in [6.45, 7) is 7.00. The molecular weight excluding hydrogens is 808 g/mol. The first kappa shape index (κ1) is 39.2. The summed E-state index contributed by atoms with van der Waals surface area (Å²) in [4.78, 5) is 5.07. The van der Waals surface area contributed by atoms with Crippen molar-refractivity contribution in [2.45, 2.75) is 26.2 Å². The van der Waals surface area contributed by atoms with Gasteiger partial charge < -0.3 is 9.80 Å². The smallest absolute Gasteiger partial charge is 0.252 e. The monoisotopic (exact) mass is 854 g/mol. The maximum absolute atomic E-state index is 2.55. The fourth-order valence-electron chi connectivity index (χ4n) is 11.3. The van der Waals surface area contributed by atoms with E-state index in [0.29, 0.717) is 0 Å². The van der Waals surface area contributed by atoms with Gasteiger partial charge in [0.1, 0.15) is 0 Å². The van der Waals surface area contributed by atoms with Crippen LogP contribution in [0.15, 0.2) is 231 Å². The van der Waals surface area contributed by atoms with Gasteiger partial charge >= 0.3 is 0 Å². The molecule has 0 bridgehead atoms. The normalized spacial score (nSPS) is 12.9. The Kier molecular flexibility index (Phi) is 8.92. The highest BCUT2D eigenvalue weighted by Gasteiger charge is 2.44. The third-order valence-corrected chi connectivity index (χ3v) is 14.4. The van der Waals surface area contributed by atoms with Crippen molar-refractivity contribution in [2.75, 3.05) is 9.80 Å². The van der Waals surface area contributed by atoms with Gasteiger partial charge in [-0.05, 0) is 142 Å². The number of rotatable bonds is 5. The molecule has 3 heteroatoms. The van der Waals surface area contributed by atoms with Crippen LogP contribution < -0.4 is 26.2 Å². The molecule has 13 rings (SSSR count). The quantitative estimate of drug-likeness (QED) is 0.126. The van der Waals surface area contributed by atoms with Gasteiger partial charge in [-0.1, -0.05) is 203 Å². The molecule has 0 fully saturated rings. The van der Waals surface area contributed by atoms with Crippen molar-refractivity contribution in [3.05, 3.63) is 236 Å². The van der Waals surface area contributed by atoms with Crippen LogP contribution in [0.5, 0.6) is 0 Å². The van der Waals surface area contributed by atoms with Crippen molar-refractivity contribution >= 4 is 89.5 Å². The van der Waals surface area contributed by atoms with Crippen molar-refractivity contribution in [1.29, 1.82) is 0 Å². The molecule has 2 heterocycles. The van der Waals surface area contributed by atoms with E-state index < -0.39 is 0 Å².